The number of anilines is 18. The van der Waals surface area contributed by atoms with Crippen LogP contribution in [0.1, 0.15) is 83.5 Å². The van der Waals surface area contributed by atoms with Gasteiger partial charge in [0.2, 0.25) is 0 Å². The van der Waals surface area contributed by atoms with Gasteiger partial charge in [-0.2, -0.15) is 22.7 Å². The van der Waals surface area contributed by atoms with E-state index in [9.17, 15) is 0 Å². The summed E-state index contributed by atoms with van der Waals surface area (Å²) in [7, 11) is 0. The van der Waals surface area contributed by atoms with Gasteiger partial charge in [-0.15, -0.1) is 0 Å². The summed E-state index contributed by atoms with van der Waals surface area (Å²) in [6, 6.07) is 103. The van der Waals surface area contributed by atoms with Gasteiger partial charge in [-0.25, -0.2) is 0 Å². The van der Waals surface area contributed by atoms with Gasteiger partial charge in [0, 0.05) is 81.7 Å². The number of nitrogens with zero attached hydrogens (tertiary/aromatic N) is 6. The van der Waals surface area contributed by atoms with Gasteiger partial charge in [0.05, 0.1) is 39.8 Å². The number of fused-ring (bicyclic) bond motifs is 14. The summed E-state index contributed by atoms with van der Waals surface area (Å²) >= 11 is 4.17. The molecular formula is C107H89B3N6S2. The van der Waals surface area contributed by atoms with Crippen LogP contribution in [0.4, 0.5) is 102 Å². The molecule has 6 aliphatic heterocycles. The van der Waals surface area contributed by atoms with Crippen LogP contribution >= 0.6 is 22.7 Å². The fourth-order valence-corrected chi connectivity index (χ4v) is 25.4. The molecule has 0 spiro atoms. The molecule has 8 heterocycles. The van der Waals surface area contributed by atoms with E-state index in [0.29, 0.717) is 0 Å². The first kappa shape index (κ1) is 72.0. The average molecular weight is 1560 g/mol. The Balaban J connectivity index is 0.950. The van der Waals surface area contributed by atoms with Crippen LogP contribution in [0.5, 0.6) is 0 Å². The Morgan fingerprint density at radius 2 is 0.432 bits per heavy atom. The highest BCUT2D eigenvalue weighted by atomic mass is 32.1. The first-order valence-corrected chi connectivity index (χ1v) is 43.4. The minimum atomic E-state index is -0.294. The Morgan fingerprint density at radius 3 is 0.737 bits per heavy atom. The van der Waals surface area contributed by atoms with Crippen molar-refractivity contribution in [3.63, 3.8) is 0 Å². The number of rotatable bonds is 9. The van der Waals surface area contributed by atoms with Crippen molar-refractivity contribution >= 4 is 192 Å². The van der Waals surface area contributed by atoms with Crippen molar-refractivity contribution in [2.75, 3.05) is 29.4 Å². The second kappa shape index (κ2) is 26.8. The van der Waals surface area contributed by atoms with Gasteiger partial charge in [0.15, 0.2) is 0 Å². The van der Waals surface area contributed by atoms with Crippen molar-refractivity contribution in [3.05, 3.63) is 350 Å². The van der Waals surface area contributed by atoms with Crippen LogP contribution in [0.15, 0.2) is 267 Å². The third-order valence-corrected chi connectivity index (χ3v) is 29.0. The lowest BCUT2D eigenvalue weighted by molar-refractivity contribution is 1.17. The molecule has 0 radical (unpaired) electrons. The summed E-state index contributed by atoms with van der Waals surface area (Å²) < 4.78 is 5.36. The van der Waals surface area contributed by atoms with E-state index in [4.69, 9.17) is 0 Å². The maximum atomic E-state index is 2.84. The summed E-state index contributed by atoms with van der Waals surface area (Å²) in [5.41, 5.74) is 54.0. The van der Waals surface area contributed by atoms with Crippen LogP contribution in [0, 0.1) is 104 Å². The Morgan fingerprint density at radius 1 is 0.195 bits per heavy atom. The predicted molar refractivity (Wildman–Crippen MR) is 512 cm³/mol. The van der Waals surface area contributed by atoms with E-state index in [1.54, 1.807) is 0 Å². The van der Waals surface area contributed by atoms with Gasteiger partial charge >= 0.3 is 0 Å². The molecule has 118 heavy (non-hydrogen) atoms. The van der Waals surface area contributed by atoms with E-state index in [0.717, 1.165) is 17.1 Å². The fourth-order valence-electron chi connectivity index (χ4n) is 22.3. The van der Waals surface area contributed by atoms with Crippen molar-refractivity contribution < 1.29 is 0 Å². The summed E-state index contributed by atoms with van der Waals surface area (Å²) in [5.74, 6) is 0. The molecule has 0 saturated carbocycles. The fraction of sp³-hybridized carbons (Fsp3) is 0.140. The molecule has 0 atom stereocenters. The van der Waals surface area contributed by atoms with Gasteiger partial charge in [-0.3, -0.25) is 0 Å². The van der Waals surface area contributed by atoms with E-state index in [2.05, 4.69) is 423 Å². The second-order valence-electron chi connectivity index (χ2n) is 34.3. The molecule has 11 heteroatoms. The van der Waals surface area contributed by atoms with Crippen LogP contribution in [-0.4, -0.2) is 20.1 Å². The third-order valence-electron chi connectivity index (χ3n) is 26.4. The normalized spacial score (nSPS) is 13.6. The minimum absolute atomic E-state index is 0.184. The molecule has 0 amide bonds. The molecule has 0 aliphatic carbocycles. The number of hydrogen-bond acceptors (Lipinski definition) is 8. The van der Waals surface area contributed by atoms with E-state index in [1.165, 1.54) is 249 Å². The van der Waals surface area contributed by atoms with Gasteiger partial charge in [0.1, 0.15) is 0 Å². The van der Waals surface area contributed by atoms with E-state index in [1.807, 2.05) is 0 Å². The average Bonchev–Trinajstić information content (AvgIpc) is 1.47. The molecule has 0 fully saturated rings. The Kier molecular flexibility index (Phi) is 16.3. The van der Waals surface area contributed by atoms with Gasteiger partial charge in [-0.1, -0.05) is 199 Å². The maximum absolute atomic E-state index is 2.84. The number of thiophene rings is 2. The molecule has 22 rings (SSSR count). The van der Waals surface area contributed by atoms with Gasteiger partial charge in [-0.05, 0) is 316 Å². The molecule has 6 nitrogen and oxygen atoms in total. The van der Waals surface area contributed by atoms with Crippen molar-refractivity contribution in [2.24, 2.45) is 0 Å². The topological polar surface area (TPSA) is 19.4 Å². The highest BCUT2D eigenvalue weighted by Crippen LogP contribution is 2.60. The number of benzene rings is 14. The molecule has 6 aliphatic rings. The Bertz CT molecular complexity index is 6890. The summed E-state index contributed by atoms with van der Waals surface area (Å²) in [5, 5.41) is 0. The lowest BCUT2D eigenvalue weighted by Gasteiger charge is -2.47. The Hall–Kier alpha value is -12.5. The molecule has 0 N–H and O–H groups in total. The van der Waals surface area contributed by atoms with Gasteiger partial charge in [0.25, 0.3) is 20.1 Å². The van der Waals surface area contributed by atoms with Crippen LogP contribution in [0.25, 0.3) is 33.4 Å². The monoisotopic (exact) mass is 1550 g/mol. The van der Waals surface area contributed by atoms with Crippen LogP contribution in [0.2, 0.25) is 0 Å². The number of hydrogen-bond donors (Lipinski definition) is 0. The smallest absolute Gasteiger partial charge is 0.277 e. The zero-order valence-corrected chi connectivity index (χ0v) is 71.3. The van der Waals surface area contributed by atoms with Crippen molar-refractivity contribution in [2.45, 2.75) is 104 Å². The number of para-hydroxylation sites is 5. The van der Waals surface area contributed by atoms with Crippen molar-refractivity contribution in [1.29, 1.82) is 0 Å². The summed E-state index contributed by atoms with van der Waals surface area (Å²) in [4.78, 5) is 16.4. The molecule has 0 unspecified atom stereocenters. The zero-order valence-electron chi connectivity index (χ0n) is 69.6. The molecule has 568 valence electrons. The quantitative estimate of drug-likeness (QED) is 0.133. The molecule has 2 aromatic heterocycles. The van der Waals surface area contributed by atoms with Crippen molar-refractivity contribution in [1.82, 2.24) is 0 Å². The van der Waals surface area contributed by atoms with Gasteiger partial charge < -0.3 is 29.4 Å². The lowest BCUT2D eigenvalue weighted by Crippen LogP contribution is -2.60. The molecule has 0 bridgehead atoms. The highest BCUT2D eigenvalue weighted by Gasteiger charge is 2.57. The Labute approximate surface area is 703 Å². The van der Waals surface area contributed by atoms with E-state index in [-0.39, 0.29) is 20.1 Å². The second-order valence-corrected chi connectivity index (χ2v) is 36.5. The molecule has 14 aromatic carbocycles. The SMILES string of the molecule is Cc1cc(C)c(N2c3cc(-c4c(C)cccc4C)cc4c3B(c3sc5c(c32)N(c2ccccc2)c2cc(-c3c(C)cccc3C)cc3c2B5c2ccccc2N3c2ccccc2)c2sc3c(c2N4c2c(C)cc(C)cc2C)N(c2c(C)cc(C)cc2C)c2cc(-c4c(C)cccc4C)cc4c2B3c2ccccc2N4c2ccccc2)c(C)c1. The maximum Gasteiger partial charge on any atom is 0.277 e. The molecule has 16 aromatic rings. The standard InChI is InChI=1S/C107H89B3N6S2/c1-60-48-69(10)97(70(11)49-60)114-88-57-76(92-65(6)34-30-35-66(92)7)55-86-95(88)109(82-45-26-28-47-84(82)112(86)79-40-21-17-22-41-79)105-102(114)103-107(118-105)110-96-89(58-77(93-67(8)36-31-37-68(93)9)59-90(96)116(103)99-73(14)52-62(3)53-74(99)15)115(98-71(12)50-61(2)51-72(98)13)101-100-104(117-106(101)110)108-81-44-25-27-46-83(81)111(78-38-19-16-20-39-78)85-54-75(91-63(4)32-29-33-64(91)5)56-87(94(85)108)113(100)80-42-23-18-24-43-80/h16-59H,1-15H3. The third kappa shape index (κ3) is 10.4. The minimum Gasteiger partial charge on any atom is -0.311 e. The largest absolute Gasteiger partial charge is 0.311 e. The van der Waals surface area contributed by atoms with E-state index < -0.39 is 0 Å². The molecular weight excluding hydrogens is 1470 g/mol. The van der Waals surface area contributed by atoms with E-state index >= 15 is 0 Å². The first-order chi connectivity index (χ1) is 57.3. The predicted octanol–water partition coefficient (Wildman–Crippen LogP) is 23.7. The van der Waals surface area contributed by atoms with Crippen LogP contribution in [-0.2, 0) is 0 Å². The first-order valence-electron chi connectivity index (χ1n) is 41.7. The highest BCUT2D eigenvalue weighted by molar-refractivity contribution is 7.45. The van der Waals surface area contributed by atoms with Crippen LogP contribution in [0.3, 0.4) is 0 Å². The summed E-state index contributed by atoms with van der Waals surface area (Å²) in [6.45, 7) is 34.3. The van der Waals surface area contributed by atoms with Crippen molar-refractivity contribution in [3.8, 4) is 33.4 Å². The van der Waals surface area contributed by atoms with Crippen LogP contribution < -0.4 is 75.8 Å². The number of aryl methyl sites for hydroxylation is 15. The zero-order chi connectivity index (χ0) is 80.4. The summed E-state index contributed by atoms with van der Waals surface area (Å²) in [6.07, 6.45) is 0. The lowest BCUT2D eigenvalue weighted by atomic mass is 9.35. The molecule has 0 saturated heterocycles.